The van der Waals surface area contributed by atoms with Gasteiger partial charge in [0.25, 0.3) is 0 Å². The summed E-state index contributed by atoms with van der Waals surface area (Å²) in [6.07, 6.45) is 1.87. The lowest BCUT2D eigenvalue weighted by Crippen LogP contribution is -2.04. The predicted molar refractivity (Wildman–Crippen MR) is 57.1 cm³/mol. The number of aryl methyl sites for hydroxylation is 3. The summed E-state index contributed by atoms with van der Waals surface area (Å²) < 4.78 is 3.02. The molecular formula is C10H12N4O2. The molecule has 0 amide bonds. The number of aromatic carboxylic acids is 1. The van der Waals surface area contributed by atoms with Crippen LogP contribution < -0.4 is 0 Å². The van der Waals surface area contributed by atoms with Crippen molar-refractivity contribution in [2.45, 2.75) is 6.92 Å². The molecule has 6 heteroatoms. The van der Waals surface area contributed by atoms with Crippen LogP contribution >= 0.6 is 0 Å². The van der Waals surface area contributed by atoms with Crippen LogP contribution in [0.2, 0.25) is 0 Å². The maximum absolute atomic E-state index is 10.9. The van der Waals surface area contributed by atoms with Gasteiger partial charge < -0.3 is 5.11 Å². The number of hydrogen-bond acceptors (Lipinski definition) is 3. The minimum atomic E-state index is -0.991. The van der Waals surface area contributed by atoms with Crippen molar-refractivity contribution < 1.29 is 9.90 Å². The summed E-state index contributed by atoms with van der Waals surface area (Å²) in [6.45, 7) is 1.91. The summed E-state index contributed by atoms with van der Waals surface area (Å²) in [6, 6.07) is 1.53. The lowest BCUT2D eigenvalue weighted by molar-refractivity contribution is 0.0685. The van der Waals surface area contributed by atoms with E-state index >= 15 is 0 Å². The average Bonchev–Trinajstić information content (AvgIpc) is 2.69. The van der Waals surface area contributed by atoms with E-state index in [1.54, 1.807) is 11.7 Å². The highest BCUT2D eigenvalue weighted by atomic mass is 16.4. The maximum Gasteiger partial charge on any atom is 0.354 e. The fourth-order valence-corrected chi connectivity index (χ4v) is 1.64. The lowest BCUT2D eigenvalue weighted by Gasteiger charge is -1.92. The third-order valence-corrected chi connectivity index (χ3v) is 2.35. The van der Waals surface area contributed by atoms with Crippen molar-refractivity contribution >= 4 is 5.97 Å². The molecule has 2 rings (SSSR count). The van der Waals surface area contributed by atoms with Crippen molar-refractivity contribution in [2.75, 3.05) is 0 Å². The van der Waals surface area contributed by atoms with E-state index in [0.29, 0.717) is 11.4 Å². The summed E-state index contributed by atoms with van der Waals surface area (Å²) >= 11 is 0. The molecule has 2 aromatic heterocycles. The number of carboxylic acid groups (broad SMARTS) is 1. The Morgan fingerprint density at radius 2 is 2.06 bits per heavy atom. The second-order valence-corrected chi connectivity index (χ2v) is 3.68. The SMILES string of the molecule is Cc1cn(C)nc1-c1cc(C(=O)O)n(C)n1. The van der Waals surface area contributed by atoms with Crippen molar-refractivity contribution in [3.8, 4) is 11.4 Å². The molecule has 0 radical (unpaired) electrons. The zero-order valence-electron chi connectivity index (χ0n) is 9.30. The highest BCUT2D eigenvalue weighted by Crippen LogP contribution is 2.20. The normalized spacial score (nSPS) is 10.7. The molecule has 0 fully saturated rings. The molecule has 0 saturated heterocycles. The third kappa shape index (κ3) is 1.58. The molecule has 0 bridgehead atoms. The minimum absolute atomic E-state index is 0.153. The number of carboxylic acids is 1. The van der Waals surface area contributed by atoms with Crippen LogP contribution in [0.3, 0.4) is 0 Å². The number of hydrogen-bond donors (Lipinski definition) is 1. The monoisotopic (exact) mass is 220 g/mol. The van der Waals surface area contributed by atoms with Crippen molar-refractivity contribution in [3.05, 3.63) is 23.5 Å². The summed E-state index contributed by atoms with van der Waals surface area (Å²) in [5.74, 6) is -0.991. The van der Waals surface area contributed by atoms with Crippen LogP contribution in [0.4, 0.5) is 0 Å². The molecule has 1 N–H and O–H groups in total. The van der Waals surface area contributed by atoms with Crippen molar-refractivity contribution in [1.82, 2.24) is 19.6 Å². The zero-order valence-corrected chi connectivity index (χ0v) is 9.30. The molecule has 84 valence electrons. The molecule has 0 unspecified atom stereocenters. The van der Waals surface area contributed by atoms with E-state index in [1.165, 1.54) is 10.7 Å². The molecule has 0 atom stereocenters. The fourth-order valence-electron chi connectivity index (χ4n) is 1.64. The fraction of sp³-hybridized carbons (Fsp3) is 0.300. The average molecular weight is 220 g/mol. The van der Waals surface area contributed by atoms with Crippen LogP contribution in [-0.4, -0.2) is 30.6 Å². The van der Waals surface area contributed by atoms with Gasteiger partial charge in [0.05, 0.1) is 0 Å². The standard InChI is InChI=1S/C10H12N4O2/c1-6-5-13(2)12-9(6)7-4-8(10(15)16)14(3)11-7/h4-5H,1-3H3,(H,15,16). The Bertz CT molecular complexity index is 553. The first kappa shape index (κ1) is 10.4. The second kappa shape index (κ2) is 3.48. The van der Waals surface area contributed by atoms with Gasteiger partial charge in [0.2, 0.25) is 0 Å². The van der Waals surface area contributed by atoms with Crippen molar-refractivity contribution in [1.29, 1.82) is 0 Å². The van der Waals surface area contributed by atoms with Gasteiger partial charge in [0.1, 0.15) is 17.1 Å². The molecule has 0 aliphatic rings. The van der Waals surface area contributed by atoms with Gasteiger partial charge in [-0.3, -0.25) is 9.36 Å². The van der Waals surface area contributed by atoms with Crippen LogP contribution in [-0.2, 0) is 14.1 Å². The Kier molecular flexibility index (Phi) is 2.26. The Morgan fingerprint density at radius 1 is 1.38 bits per heavy atom. The van der Waals surface area contributed by atoms with Crippen LogP contribution in [0, 0.1) is 6.92 Å². The van der Waals surface area contributed by atoms with Gasteiger partial charge in [0, 0.05) is 26.4 Å². The Morgan fingerprint density at radius 3 is 2.50 bits per heavy atom. The molecule has 0 aliphatic heterocycles. The van der Waals surface area contributed by atoms with E-state index < -0.39 is 5.97 Å². The maximum atomic E-state index is 10.9. The largest absolute Gasteiger partial charge is 0.477 e. The summed E-state index contributed by atoms with van der Waals surface area (Å²) in [5, 5.41) is 17.3. The van der Waals surface area contributed by atoms with Crippen LogP contribution in [0.5, 0.6) is 0 Å². The van der Waals surface area contributed by atoms with Gasteiger partial charge in [-0.25, -0.2) is 4.79 Å². The first-order valence-corrected chi connectivity index (χ1v) is 4.77. The Balaban J connectivity index is 2.53. The third-order valence-electron chi connectivity index (χ3n) is 2.35. The van der Waals surface area contributed by atoms with Crippen LogP contribution in [0.15, 0.2) is 12.3 Å². The smallest absolute Gasteiger partial charge is 0.354 e. The van der Waals surface area contributed by atoms with Gasteiger partial charge in [-0.15, -0.1) is 0 Å². The van der Waals surface area contributed by atoms with E-state index in [-0.39, 0.29) is 5.69 Å². The van der Waals surface area contributed by atoms with Crippen molar-refractivity contribution in [2.24, 2.45) is 14.1 Å². The first-order chi connectivity index (χ1) is 7.49. The zero-order chi connectivity index (χ0) is 11.9. The summed E-state index contributed by atoms with van der Waals surface area (Å²) in [5.41, 5.74) is 2.42. The van der Waals surface area contributed by atoms with E-state index in [0.717, 1.165) is 5.56 Å². The molecule has 16 heavy (non-hydrogen) atoms. The van der Waals surface area contributed by atoms with E-state index in [4.69, 9.17) is 5.11 Å². The van der Waals surface area contributed by atoms with Crippen molar-refractivity contribution in [3.63, 3.8) is 0 Å². The number of carbonyl (C=O) groups is 1. The number of aromatic nitrogens is 4. The number of nitrogens with zero attached hydrogens (tertiary/aromatic N) is 4. The molecule has 6 nitrogen and oxygen atoms in total. The predicted octanol–water partition coefficient (Wildman–Crippen LogP) is 0.827. The van der Waals surface area contributed by atoms with Crippen LogP contribution in [0.25, 0.3) is 11.4 Å². The molecule has 0 spiro atoms. The van der Waals surface area contributed by atoms with Gasteiger partial charge in [-0.2, -0.15) is 10.2 Å². The molecule has 0 aliphatic carbocycles. The van der Waals surface area contributed by atoms with Gasteiger partial charge in [-0.05, 0) is 12.5 Å². The van der Waals surface area contributed by atoms with E-state index in [9.17, 15) is 4.79 Å². The summed E-state index contributed by atoms with van der Waals surface area (Å²) in [7, 11) is 3.42. The molecule has 0 aromatic carbocycles. The lowest BCUT2D eigenvalue weighted by atomic mass is 10.2. The quantitative estimate of drug-likeness (QED) is 0.813. The Hall–Kier alpha value is -2.11. The topological polar surface area (TPSA) is 72.9 Å². The van der Waals surface area contributed by atoms with E-state index in [2.05, 4.69) is 10.2 Å². The van der Waals surface area contributed by atoms with Gasteiger partial charge in [-0.1, -0.05) is 0 Å². The minimum Gasteiger partial charge on any atom is -0.477 e. The molecule has 0 saturated carbocycles. The molecule has 2 heterocycles. The van der Waals surface area contributed by atoms with Gasteiger partial charge in [0.15, 0.2) is 0 Å². The number of rotatable bonds is 2. The summed E-state index contributed by atoms with van der Waals surface area (Å²) in [4.78, 5) is 10.9. The van der Waals surface area contributed by atoms with Gasteiger partial charge >= 0.3 is 5.97 Å². The Labute approximate surface area is 92.1 Å². The highest BCUT2D eigenvalue weighted by Gasteiger charge is 2.15. The molecular weight excluding hydrogens is 208 g/mol. The molecule has 2 aromatic rings. The van der Waals surface area contributed by atoms with E-state index in [1.807, 2.05) is 20.2 Å². The van der Waals surface area contributed by atoms with Crippen LogP contribution in [0.1, 0.15) is 16.1 Å². The highest BCUT2D eigenvalue weighted by molar-refractivity contribution is 5.87. The first-order valence-electron chi connectivity index (χ1n) is 4.77. The second-order valence-electron chi connectivity index (χ2n) is 3.68.